The first-order valence-electron chi connectivity index (χ1n) is 5.81. The zero-order chi connectivity index (χ0) is 13.2. The van der Waals surface area contributed by atoms with Gasteiger partial charge < -0.3 is 15.2 Å². The van der Waals surface area contributed by atoms with Crippen LogP contribution in [0.3, 0.4) is 0 Å². The van der Waals surface area contributed by atoms with Crippen molar-refractivity contribution in [1.29, 1.82) is 0 Å². The van der Waals surface area contributed by atoms with Gasteiger partial charge in [0, 0.05) is 0 Å². The van der Waals surface area contributed by atoms with Gasteiger partial charge in [-0.1, -0.05) is 12.1 Å². The van der Waals surface area contributed by atoms with Crippen LogP contribution in [0.15, 0.2) is 30.9 Å². The van der Waals surface area contributed by atoms with E-state index in [-0.39, 0.29) is 6.79 Å². The van der Waals surface area contributed by atoms with Gasteiger partial charge in [-0.3, -0.25) is 0 Å². The fraction of sp³-hybridized carbons (Fsp3) is 0.250. The molecule has 0 saturated carbocycles. The molecule has 0 spiro atoms. The Morgan fingerprint density at radius 3 is 3.11 bits per heavy atom. The molecule has 0 amide bonds. The van der Waals surface area contributed by atoms with Gasteiger partial charge in [-0.15, -0.1) is 11.7 Å². The van der Waals surface area contributed by atoms with E-state index in [4.69, 9.17) is 15.2 Å². The zero-order valence-corrected chi connectivity index (χ0v) is 10.2. The van der Waals surface area contributed by atoms with Crippen molar-refractivity contribution in [1.82, 2.24) is 20.2 Å². The van der Waals surface area contributed by atoms with Gasteiger partial charge in [0.25, 0.3) is 0 Å². The maximum absolute atomic E-state index is 6.19. The number of ether oxygens (including phenoxy) is 2. The number of benzene rings is 1. The topological polar surface area (TPSA) is 88.1 Å². The maximum Gasteiger partial charge on any atom is 0.231 e. The Bertz CT molecular complexity index is 610. The summed E-state index contributed by atoms with van der Waals surface area (Å²) in [6.45, 7) is 4.42. The number of rotatable bonds is 4. The number of hydrogen-bond donors (Lipinski definition) is 1. The minimum absolute atomic E-state index is 0.238. The van der Waals surface area contributed by atoms with Crippen LogP contribution in [0.2, 0.25) is 0 Å². The molecule has 98 valence electrons. The van der Waals surface area contributed by atoms with Gasteiger partial charge >= 0.3 is 0 Å². The van der Waals surface area contributed by atoms with Gasteiger partial charge in [0.1, 0.15) is 0 Å². The van der Waals surface area contributed by atoms with Crippen molar-refractivity contribution in [2.24, 2.45) is 5.73 Å². The fourth-order valence-electron chi connectivity index (χ4n) is 1.94. The second-order valence-electron chi connectivity index (χ2n) is 4.10. The van der Waals surface area contributed by atoms with Crippen LogP contribution in [0.1, 0.15) is 17.4 Å². The number of fused-ring (bicyclic) bond motifs is 1. The summed E-state index contributed by atoms with van der Waals surface area (Å²) in [5.74, 6) is 2.00. The average Bonchev–Trinajstić information content (AvgIpc) is 3.05. The molecule has 0 aliphatic carbocycles. The molecule has 3 rings (SSSR count). The van der Waals surface area contributed by atoms with Crippen molar-refractivity contribution in [3.8, 4) is 11.5 Å². The monoisotopic (exact) mass is 259 g/mol. The second kappa shape index (κ2) is 4.69. The summed E-state index contributed by atoms with van der Waals surface area (Å²) in [5, 5.41) is 11.5. The predicted molar refractivity (Wildman–Crippen MR) is 66.6 cm³/mol. The molecule has 1 aliphatic heterocycles. The van der Waals surface area contributed by atoms with E-state index in [1.165, 1.54) is 0 Å². The van der Waals surface area contributed by atoms with Crippen LogP contribution >= 0.6 is 0 Å². The highest BCUT2D eigenvalue weighted by Crippen LogP contribution is 2.34. The molecule has 7 heteroatoms. The molecule has 0 bridgehead atoms. The summed E-state index contributed by atoms with van der Waals surface area (Å²) in [6.07, 6.45) is 1.71. The lowest BCUT2D eigenvalue weighted by molar-refractivity contribution is 0.174. The van der Waals surface area contributed by atoms with Crippen LogP contribution in [0.25, 0.3) is 0 Å². The van der Waals surface area contributed by atoms with Crippen molar-refractivity contribution in [3.05, 3.63) is 42.2 Å². The standard InChI is InChI=1S/C12H13N5O2/c1-2-5-17-12(14-15-16-17)11(13)8-3-4-9-10(6-8)19-7-18-9/h2-4,6,11H,1,5,7,13H2. The highest BCUT2D eigenvalue weighted by molar-refractivity contribution is 5.46. The molecule has 0 radical (unpaired) electrons. The summed E-state index contributed by atoms with van der Waals surface area (Å²) < 4.78 is 12.2. The van der Waals surface area contributed by atoms with E-state index in [2.05, 4.69) is 22.1 Å². The van der Waals surface area contributed by atoms with Crippen molar-refractivity contribution in [2.45, 2.75) is 12.6 Å². The van der Waals surface area contributed by atoms with Gasteiger partial charge in [-0.25, -0.2) is 4.68 Å². The molecule has 2 N–H and O–H groups in total. The highest BCUT2D eigenvalue weighted by atomic mass is 16.7. The number of tetrazole rings is 1. The lowest BCUT2D eigenvalue weighted by Crippen LogP contribution is -2.18. The number of nitrogens with two attached hydrogens (primary N) is 1. The van der Waals surface area contributed by atoms with Gasteiger partial charge in [-0.05, 0) is 28.1 Å². The van der Waals surface area contributed by atoms with E-state index in [0.29, 0.717) is 18.1 Å². The molecule has 2 heterocycles. The third-order valence-corrected chi connectivity index (χ3v) is 2.90. The Hall–Kier alpha value is -2.41. The molecule has 0 fully saturated rings. The number of hydrogen-bond acceptors (Lipinski definition) is 6. The quantitative estimate of drug-likeness (QED) is 0.810. The molecule has 19 heavy (non-hydrogen) atoms. The van der Waals surface area contributed by atoms with Crippen LogP contribution in [0.4, 0.5) is 0 Å². The minimum Gasteiger partial charge on any atom is -0.454 e. The molecule has 2 aromatic rings. The summed E-state index contributed by atoms with van der Waals surface area (Å²) in [7, 11) is 0. The second-order valence-corrected chi connectivity index (χ2v) is 4.10. The number of allylic oxidation sites excluding steroid dienone is 1. The van der Waals surface area contributed by atoms with E-state index in [0.717, 1.165) is 11.3 Å². The Morgan fingerprint density at radius 1 is 1.42 bits per heavy atom. The van der Waals surface area contributed by atoms with E-state index < -0.39 is 6.04 Å². The van der Waals surface area contributed by atoms with Crippen molar-refractivity contribution < 1.29 is 9.47 Å². The van der Waals surface area contributed by atoms with Crippen LogP contribution in [-0.4, -0.2) is 27.0 Å². The van der Waals surface area contributed by atoms with Crippen molar-refractivity contribution in [3.63, 3.8) is 0 Å². The molecular weight excluding hydrogens is 246 g/mol. The van der Waals surface area contributed by atoms with E-state index in [9.17, 15) is 0 Å². The minimum atomic E-state index is -0.426. The van der Waals surface area contributed by atoms with Crippen molar-refractivity contribution >= 4 is 0 Å². The summed E-state index contributed by atoms with van der Waals surface area (Å²) in [6, 6.07) is 5.13. The molecule has 1 aromatic heterocycles. The molecule has 1 unspecified atom stereocenters. The lowest BCUT2D eigenvalue weighted by Gasteiger charge is -2.11. The Balaban J connectivity index is 1.92. The van der Waals surface area contributed by atoms with Gasteiger partial charge in [-0.2, -0.15) is 0 Å². The van der Waals surface area contributed by atoms with Gasteiger partial charge in [0.05, 0.1) is 12.6 Å². The first kappa shape index (κ1) is 11.7. The van der Waals surface area contributed by atoms with Crippen molar-refractivity contribution in [2.75, 3.05) is 6.79 Å². The summed E-state index contributed by atoms with van der Waals surface area (Å²) in [5.41, 5.74) is 7.06. The lowest BCUT2D eigenvalue weighted by atomic mass is 10.1. The fourth-order valence-corrected chi connectivity index (χ4v) is 1.94. The van der Waals surface area contributed by atoms with E-state index in [1.807, 2.05) is 18.2 Å². The van der Waals surface area contributed by atoms with Crippen LogP contribution in [0, 0.1) is 0 Å². The van der Waals surface area contributed by atoms with Crippen LogP contribution in [0.5, 0.6) is 11.5 Å². The van der Waals surface area contributed by atoms with E-state index in [1.54, 1.807) is 10.8 Å². The molecule has 1 aliphatic rings. The Labute approximate surface area is 109 Å². The highest BCUT2D eigenvalue weighted by Gasteiger charge is 2.20. The van der Waals surface area contributed by atoms with Gasteiger partial charge in [0.15, 0.2) is 17.3 Å². The smallest absolute Gasteiger partial charge is 0.231 e. The first-order valence-corrected chi connectivity index (χ1v) is 5.81. The molecule has 1 atom stereocenters. The Kier molecular flexibility index (Phi) is 2.88. The molecule has 1 aromatic carbocycles. The zero-order valence-electron chi connectivity index (χ0n) is 10.2. The number of nitrogens with zero attached hydrogens (tertiary/aromatic N) is 4. The third-order valence-electron chi connectivity index (χ3n) is 2.90. The summed E-state index contributed by atoms with van der Waals surface area (Å²) in [4.78, 5) is 0. The van der Waals surface area contributed by atoms with Crippen LogP contribution < -0.4 is 15.2 Å². The third kappa shape index (κ3) is 2.04. The largest absolute Gasteiger partial charge is 0.454 e. The molecular formula is C12H13N5O2. The predicted octanol–water partition coefficient (Wildman–Crippen LogP) is 0.636. The average molecular weight is 259 g/mol. The summed E-state index contributed by atoms with van der Waals surface area (Å²) >= 11 is 0. The normalized spacial score (nSPS) is 14.4. The number of aromatic nitrogens is 4. The van der Waals surface area contributed by atoms with Crippen LogP contribution in [-0.2, 0) is 6.54 Å². The SMILES string of the molecule is C=CCn1nnnc1C(N)c1ccc2c(c1)OCO2. The molecule has 7 nitrogen and oxygen atoms in total. The van der Waals surface area contributed by atoms with E-state index >= 15 is 0 Å². The van der Waals surface area contributed by atoms with Gasteiger partial charge in [0.2, 0.25) is 6.79 Å². The first-order chi connectivity index (χ1) is 9.29. The Morgan fingerprint density at radius 2 is 2.26 bits per heavy atom. The molecule has 0 saturated heterocycles. The maximum atomic E-state index is 6.19.